The van der Waals surface area contributed by atoms with Gasteiger partial charge in [-0.3, -0.25) is 9.78 Å². The number of aromatic nitrogens is 1. The molecule has 7 nitrogen and oxygen atoms in total. The van der Waals surface area contributed by atoms with E-state index in [9.17, 15) is 30.8 Å². The standard InChI is InChI=1S/C26H21F4N3O4S/c27-20-7-8-23-18(12-20)14-24(37-23)38(35,36)33-11-1-2-22(33)25(34)32-15-21-13-17(9-10-31-21)16-3-5-19(6-4-16)26(28,29)30/h3-10,12-14,22H,1-2,11,15H2,(H,32,34). The Morgan fingerprint density at radius 3 is 2.55 bits per heavy atom. The molecule has 0 radical (unpaired) electrons. The fourth-order valence-electron chi connectivity index (χ4n) is 4.42. The molecule has 1 aliphatic heterocycles. The van der Waals surface area contributed by atoms with Crippen molar-refractivity contribution in [3.8, 4) is 11.1 Å². The van der Waals surface area contributed by atoms with Crippen molar-refractivity contribution in [2.24, 2.45) is 0 Å². The van der Waals surface area contributed by atoms with Crippen LogP contribution in [-0.2, 0) is 27.5 Å². The number of benzene rings is 2. The highest BCUT2D eigenvalue weighted by Gasteiger charge is 2.41. The van der Waals surface area contributed by atoms with E-state index in [1.165, 1.54) is 30.5 Å². The molecule has 3 heterocycles. The number of hydrogen-bond acceptors (Lipinski definition) is 5. The topological polar surface area (TPSA) is 92.5 Å². The van der Waals surface area contributed by atoms with Crippen LogP contribution in [0.5, 0.6) is 0 Å². The maximum absolute atomic E-state index is 13.5. The summed E-state index contributed by atoms with van der Waals surface area (Å²) in [6.45, 7) is 0.106. The highest BCUT2D eigenvalue weighted by molar-refractivity contribution is 7.89. The molecule has 198 valence electrons. The third kappa shape index (κ3) is 5.14. The molecule has 1 amide bonds. The SMILES string of the molecule is O=C(NCc1cc(-c2ccc(C(F)(F)F)cc2)ccn1)C1CCCN1S(=O)(=O)c1cc2cc(F)ccc2o1. The first-order chi connectivity index (χ1) is 18.0. The second-order valence-electron chi connectivity index (χ2n) is 8.85. The number of rotatable bonds is 6. The minimum absolute atomic E-state index is 0.0123. The maximum Gasteiger partial charge on any atom is 0.416 e. The van der Waals surface area contributed by atoms with Crippen molar-refractivity contribution < 1.29 is 35.2 Å². The number of alkyl halides is 3. The Labute approximate surface area is 215 Å². The summed E-state index contributed by atoms with van der Waals surface area (Å²) in [7, 11) is -4.16. The highest BCUT2D eigenvalue weighted by atomic mass is 32.2. The van der Waals surface area contributed by atoms with Gasteiger partial charge in [0, 0.05) is 24.2 Å². The van der Waals surface area contributed by atoms with Crippen molar-refractivity contribution in [2.75, 3.05) is 6.54 Å². The first-order valence-electron chi connectivity index (χ1n) is 11.6. The van der Waals surface area contributed by atoms with Gasteiger partial charge in [0.05, 0.1) is 17.8 Å². The Balaban J connectivity index is 1.28. The number of amides is 1. The molecule has 1 saturated heterocycles. The number of pyridine rings is 1. The van der Waals surface area contributed by atoms with Gasteiger partial charge >= 0.3 is 6.18 Å². The molecule has 1 unspecified atom stereocenters. The normalized spacial score (nSPS) is 16.7. The first kappa shape index (κ1) is 25.9. The van der Waals surface area contributed by atoms with Gasteiger partial charge in [-0.15, -0.1) is 0 Å². The zero-order valence-electron chi connectivity index (χ0n) is 19.7. The second kappa shape index (κ2) is 9.84. The number of sulfonamides is 1. The van der Waals surface area contributed by atoms with Gasteiger partial charge < -0.3 is 9.73 Å². The predicted octanol–water partition coefficient (Wildman–Crippen LogP) is 5.12. The maximum atomic E-state index is 13.5. The largest absolute Gasteiger partial charge is 0.443 e. The summed E-state index contributed by atoms with van der Waals surface area (Å²) in [5.41, 5.74) is 1.07. The minimum atomic E-state index is -4.43. The van der Waals surface area contributed by atoms with E-state index >= 15 is 0 Å². The van der Waals surface area contributed by atoms with E-state index in [1.54, 1.807) is 12.1 Å². The molecule has 5 rings (SSSR count). The number of furan rings is 1. The summed E-state index contributed by atoms with van der Waals surface area (Å²) in [5, 5.41) is 2.62. The van der Waals surface area contributed by atoms with Gasteiger partial charge in [0.1, 0.15) is 17.4 Å². The van der Waals surface area contributed by atoms with Gasteiger partial charge in [0.25, 0.3) is 10.0 Å². The van der Waals surface area contributed by atoms with Crippen LogP contribution in [0.2, 0.25) is 0 Å². The Bertz CT molecular complexity index is 1600. The molecule has 2 aromatic heterocycles. The number of nitrogens with zero attached hydrogens (tertiary/aromatic N) is 2. The van der Waals surface area contributed by atoms with Crippen molar-refractivity contribution in [3.63, 3.8) is 0 Å². The second-order valence-corrected chi connectivity index (χ2v) is 10.7. The molecular weight excluding hydrogens is 526 g/mol. The fraction of sp³-hybridized carbons (Fsp3) is 0.231. The average Bonchev–Trinajstić information content (AvgIpc) is 3.55. The van der Waals surface area contributed by atoms with Crippen molar-refractivity contribution >= 4 is 26.9 Å². The Hall–Kier alpha value is -3.77. The van der Waals surface area contributed by atoms with Gasteiger partial charge in [-0.25, -0.2) is 12.8 Å². The quantitative estimate of drug-likeness (QED) is 0.338. The third-order valence-corrected chi connectivity index (χ3v) is 8.10. The number of nitrogens with one attached hydrogen (secondary N) is 1. The Kier molecular flexibility index (Phi) is 6.70. The van der Waals surface area contributed by atoms with E-state index in [2.05, 4.69) is 10.3 Å². The van der Waals surface area contributed by atoms with Gasteiger partial charge in [0.2, 0.25) is 11.0 Å². The van der Waals surface area contributed by atoms with Crippen molar-refractivity contribution in [3.05, 3.63) is 83.9 Å². The van der Waals surface area contributed by atoms with E-state index in [1.807, 2.05) is 0 Å². The van der Waals surface area contributed by atoms with E-state index in [0.717, 1.165) is 28.6 Å². The predicted molar refractivity (Wildman–Crippen MR) is 130 cm³/mol. The van der Waals surface area contributed by atoms with Crippen LogP contribution in [0.1, 0.15) is 24.1 Å². The molecule has 0 saturated carbocycles. The van der Waals surface area contributed by atoms with Gasteiger partial charge in [-0.2, -0.15) is 17.5 Å². The summed E-state index contributed by atoms with van der Waals surface area (Å²) in [6, 6.07) is 11.9. The van der Waals surface area contributed by atoms with Crippen LogP contribution < -0.4 is 5.32 Å². The van der Waals surface area contributed by atoms with Crippen LogP contribution in [0.15, 0.2) is 76.4 Å². The smallest absolute Gasteiger partial charge is 0.416 e. The van der Waals surface area contributed by atoms with Crippen molar-refractivity contribution in [2.45, 2.75) is 36.7 Å². The number of carbonyl (C=O) groups excluding carboxylic acids is 1. The molecule has 38 heavy (non-hydrogen) atoms. The molecule has 1 N–H and O–H groups in total. The number of hydrogen-bond donors (Lipinski definition) is 1. The van der Waals surface area contributed by atoms with Crippen LogP contribution >= 0.6 is 0 Å². The summed E-state index contributed by atoms with van der Waals surface area (Å²) in [4.78, 5) is 17.2. The molecule has 0 spiro atoms. The zero-order chi connectivity index (χ0) is 27.1. The van der Waals surface area contributed by atoms with Crippen LogP contribution in [0.4, 0.5) is 17.6 Å². The average molecular weight is 548 g/mol. The van der Waals surface area contributed by atoms with Crippen LogP contribution in [-0.4, -0.2) is 36.2 Å². The lowest BCUT2D eigenvalue weighted by molar-refractivity contribution is -0.137. The molecular formula is C26H21F4N3O4S. The lowest BCUT2D eigenvalue weighted by atomic mass is 10.0. The molecule has 2 aromatic carbocycles. The summed E-state index contributed by atoms with van der Waals surface area (Å²) < 4.78 is 85.0. The number of fused-ring (bicyclic) bond motifs is 1. The van der Waals surface area contributed by atoms with E-state index < -0.39 is 39.5 Å². The van der Waals surface area contributed by atoms with Crippen molar-refractivity contribution in [1.29, 1.82) is 0 Å². The van der Waals surface area contributed by atoms with Crippen LogP contribution in [0.25, 0.3) is 22.1 Å². The molecule has 4 aromatic rings. The first-order valence-corrected chi connectivity index (χ1v) is 13.1. The van der Waals surface area contributed by atoms with Crippen LogP contribution in [0.3, 0.4) is 0 Å². The summed E-state index contributed by atoms with van der Waals surface area (Å²) in [6.07, 6.45) is -2.19. The fourth-order valence-corrected chi connectivity index (χ4v) is 6.03. The van der Waals surface area contributed by atoms with Gasteiger partial charge in [-0.05, 0) is 66.4 Å². The molecule has 0 aliphatic carbocycles. The lowest BCUT2D eigenvalue weighted by Crippen LogP contribution is -2.45. The molecule has 1 aliphatic rings. The summed E-state index contributed by atoms with van der Waals surface area (Å²) >= 11 is 0. The zero-order valence-corrected chi connectivity index (χ0v) is 20.5. The van der Waals surface area contributed by atoms with Crippen LogP contribution in [0, 0.1) is 5.82 Å². The highest BCUT2D eigenvalue weighted by Crippen LogP contribution is 2.32. The molecule has 0 bridgehead atoms. The van der Waals surface area contributed by atoms with Crippen molar-refractivity contribution in [1.82, 2.24) is 14.6 Å². The van der Waals surface area contributed by atoms with E-state index in [-0.39, 0.29) is 23.8 Å². The number of carbonyl (C=O) groups is 1. The van der Waals surface area contributed by atoms with Gasteiger partial charge in [-0.1, -0.05) is 12.1 Å². The third-order valence-electron chi connectivity index (χ3n) is 6.33. The van der Waals surface area contributed by atoms with E-state index in [0.29, 0.717) is 35.0 Å². The molecule has 12 heteroatoms. The monoisotopic (exact) mass is 547 g/mol. The Morgan fingerprint density at radius 1 is 1.05 bits per heavy atom. The molecule has 1 fully saturated rings. The number of halogens is 4. The van der Waals surface area contributed by atoms with Gasteiger partial charge in [0.15, 0.2) is 0 Å². The summed E-state index contributed by atoms with van der Waals surface area (Å²) in [5.74, 6) is -1.05. The van der Waals surface area contributed by atoms with E-state index in [4.69, 9.17) is 4.42 Å². The minimum Gasteiger partial charge on any atom is -0.443 e. The lowest BCUT2D eigenvalue weighted by Gasteiger charge is -2.22. The molecule has 1 atom stereocenters. The Morgan fingerprint density at radius 2 is 1.82 bits per heavy atom.